The molecule has 0 aromatic rings. The van der Waals surface area contributed by atoms with E-state index >= 15 is 0 Å². The van der Waals surface area contributed by atoms with Gasteiger partial charge in [-0.3, -0.25) is 0 Å². The summed E-state index contributed by atoms with van der Waals surface area (Å²) in [6.45, 7) is 14.9. The molecule has 0 fully saturated rings. The van der Waals surface area contributed by atoms with Gasteiger partial charge in [-0.05, 0) is 27.7 Å². The summed E-state index contributed by atoms with van der Waals surface area (Å²) >= 11 is 0. The maximum atomic E-state index is 6.65. The first-order valence-corrected chi connectivity index (χ1v) is 3.49. The first-order valence-electron chi connectivity index (χ1n) is 3.49. The number of ether oxygens (including phenoxy) is 1. The van der Waals surface area contributed by atoms with Crippen molar-refractivity contribution in [3.63, 3.8) is 0 Å². The van der Waals surface area contributed by atoms with Gasteiger partial charge in [-0.2, -0.15) is 0 Å². The molecule has 0 radical (unpaired) electrons. The van der Waals surface area contributed by atoms with Crippen molar-refractivity contribution < 1.29 is 4.74 Å². The Bertz CT molecular complexity index is 133. The Hall–Kier alpha value is -0.550. The fraction of sp³-hybridized carbons (Fsp3) is 0.875. The zero-order valence-electron chi connectivity index (χ0n) is 7.14. The smallest absolute Gasteiger partial charge is 0.242 e. The number of hydrogen-bond donors (Lipinski definition) is 0. The van der Waals surface area contributed by atoms with E-state index in [0.717, 1.165) is 0 Å². The predicted molar refractivity (Wildman–Crippen MR) is 41.8 cm³/mol. The molecular weight excluding hydrogens is 126 g/mol. The van der Waals surface area contributed by atoms with E-state index in [-0.39, 0.29) is 11.7 Å². The van der Waals surface area contributed by atoms with Gasteiger partial charge in [-0.15, -0.1) is 0 Å². The Morgan fingerprint density at radius 2 is 2.00 bits per heavy atom. The van der Waals surface area contributed by atoms with Gasteiger partial charge in [-0.25, -0.2) is 6.57 Å². The zero-order chi connectivity index (χ0) is 8.20. The van der Waals surface area contributed by atoms with Gasteiger partial charge < -0.3 is 9.58 Å². The largest absolute Gasteiger partial charge is 0.365 e. The fourth-order valence-electron chi connectivity index (χ4n) is 0.866. The van der Waals surface area contributed by atoms with Gasteiger partial charge >= 0.3 is 0 Å². The summed E-state index contributed by atoms with van der Waals surface area (Å²) in [5.41, 5.74) is -0.282. The maximum absolute atomic E-state index is 6.65. The average Bonchev–Trinajstić information content (AvgIpc) is 1.59. The van der Waals surface area contributed by atoms with Gasteiger partial charge in [0.1, 0.15) is 5.60 Å². The average molecular weight is 141 g/mol. The van der Waals surface area contributed by atoms with Crippen molar-refractivity contribution in [2.75, 3.05) is 6.54 Å². The first-order chi connectivity index (χ1) is 4.48. The van der Waals surface area contributed by atoms with Crippen LogP contribution in [-0.4, -0.2) is 18.2 Å². The van der Waals surface area contributed by atoms with Crippen molar-refractivity contribution >= 4 is 0 Å². The van der Waals surface area contributed by atoms with E-state index in [9.17, 15) is 0 Å². The van der Waals surface area contributed by atoms with E-state index in [1.807, 2.05) is 27.7 Å². The van der Waals surface area contributed by atoms with Gasteiger partial charge in [0.15, 0.2) is 0 Å². The second kappa shape index (κ2) is 3.58. The predicted octanol–water partition coefficient (Wildman–Crippen LogP) is 2.11. The summed E-state index contributed by atoms with van der Waals surface area (Å²) < 4.78 is 5.46. The number of nitrogens with zero attached hydrogens (tertiary/aromatic N) is 1. The lowest BCUT2D eigenvalue weighted by molar-refractivity contribution is -0.0442. The quantitative estimate of drug-likeness (QED) is 0.549. The van der Waals surface area contributed by atoms with Crippen LogP contribution in [0.3, 0.4) is 0 Å². The standard InChI is InChI=1S/C8H15NO/c1-7(2)10-8(3,4)6-9-5/h7H,6H2,1-4H3. The normalized spacial score (nSPS) is 11.6. The third kappa shape index (κ3) is 4.34. The molecule has 0 saturated heterocycles. The van der Waals surface area contributed by atoms with Crippen LogP contribution in [0.25, 0.3) is 4.85 Å². The second-order valence-corrected chi connectivity index (χ2v) is 3.24. The van der Waals surface area contributed by atoms with Crippen molar-refractivity contribution in [2.45, 2.75) is 39.4 Å². The molecule has 0 aromatic heterocycles. The third-order valence-corrected chi connectivity index (χ3v) is 1.01. The van der Waals surface area contributed by atoms with E-state index in [4.69, 9.17) is 11.3 Å². The molecule has 0 unspecified atom stereocenters. The zero-order valence-corrected chi connectivity index (χ0v) is 7.14. The van der Waals surface area contributed by atoms with Gasteiger partial charge in [0, 0.05) is 0 Å². The van der Waals surface area contributed by atoms with E-state index in [2.05, 4.69) is 4.85 Å². The molecule has 2 nitrogen and oxygen atoms in total. The SMILES string of the molecule is [C-]#[N+]CC(C)(C)OC(C)C. The highest BCUT2D eigenvalue weighted by Crippen LogP contribution is 2.11. The minimum absolute atomic E-state index is 0.205. The molecule has 0 atom stereocenters. The summed E-state index contributed by atoms with van der Waals surface area (Å²) in [6, 6.07) is 0. The van der Waals surface area contributed by atoms with Crippen LogP contribution >= 0.6 is 0 Å². The summed E-state index contributed by atoms with van der Waals surface area (Å²) in [4.78, 5) is 3.29. The van der Waals surface area contributed by atoms with Crippen molar-refractivity contribution in [3.8, 4) is 0 Å². The van der Waals surface area contributed by atoms with Gasteiger partial charge in [-0.1, -0.05) is 0 Å². The van der Waals surface area contributed by atoms with Crippen molar-refractivity contribution in [1.29, 1.82) is 0 Å². The van der Waals surface area contributed by atoms with Crippen molar-refractivity contribution in [1.82, 2.24) is 0 Å². The molecule has 0 amide bonds. The molecule has 0 bridgehead atoms. The molecule has 0 aromatic carbocycles. The van der Waals surface area contributed by atoms with Gasteiger partial charge in [0.05, 0.1) is 6.10 Å². The summed E-state index contributed by atoms with van der Waals surface area (Å²) in [5, 5.41) is 0. The van der Waals surface area contributed by atoms with Crippen LogP contribution in [0, 0.1) is 6.57 Å². The molecular formula is C8H15NO. The van der Waals surface area contributed by atoms with Crippen molar-refractivity contribution in [2.24, 2.45) is 0 Å². The maximum Gasteiger partial charge on any atom is 0.242 e. The Balaban J connectivity index is 3.77. The Morgan fingerprint density at radius 3 is 2.30 bits per heavy atom. The highest BCUT2D eigenvalue weighted by molar-refractivity contribution is 4.79. The molecule has 0 N–H and O–H groups in total. The summed E-state index contributed by atoms with van der Waals surface area (Å²) in [7, 11) is 0. The molecule has 0 spiro atoms. The molecule has 2 heteroatoms. The molecule has 10 heavy (non-hydrogen) atoms. The van der Waals surface area contributed by atoms with Crippen LogP contribution in [0.2, 0.25) is 0 Å². The molecule has 58 valence electrons. The van der Waals surface area contributed by atoms with Gasteiger partial charge in [0.25, 0.3) is 0 Å². The highest BCUT2D eigenvalue weighted by Gasteiger charge is 2.22. The topological polar surface area (TPSA) is 13.6 Å². The Morgan fingerprint density at radius 1 is 1.50 bits per heavy atom. The van der Waals surface area contributed by atoms with Crippen molar-refractivity contribution in [3.05, 3.63) is 11.4 Å². The Labute approximate surface area is 63.0 Å². The van der Waals surface area contributed by atoms with Gasteiger partial charge in [0.2, 0.25) is 6.54 Å². The molecule has 0 heterocycles. The van der Waals surface area contributed by atoms with Crippen LogP contribution in [0.15, 0.2) is 0 Å². The third-order valence-electron chi connectivity index (χ3n) is 1.01. The monoisotopic (exact) mass is 141 g/mol. The molecule has 0 aliphatic rings. The summed E-state index contributed by atoms with van der Waals surface area (Å²) in [6.07, 6.45) is 0.205. The van der Waals surface area contributed by atoms with E-state index in [1.165, 1.54) is 0 Å². The van der Waals surface area contributed by atoms with Crippen LogP contribution in [0.1, 0.15) is 27.7 Å². The number of hydrogen-bond acceptors (Lipinski definition) is 1. The lowest BCUT2D eigenvalue weighted by Crippen LogP contribution is -2.30. The molecule has 0 rings (SSSR count). The summed E-state index contributed by atoms with van der Waals surface area (Å²) in [5.74, 6) is 0. The highest BCUT2D eigenvalue weighted by atomic mass is 16.5. The lowest BCUT2D eigenvalue weighted by atomic mass is 10.1. The fourth-order valence-corrected chi connectivity index (χ4v) is 0.866. The van der Waals surface area contributed by atoms with Crippen LogP contribution in [0.5, 0.6) is 0 Å². The lowest BCUT2D eigenvalue weighted by Gasteiger charge is -2.21. The molecule has 0 aliphatic carbocycles. The minimum Gasteiger partial charge on any atom is -0.365 e. The van der Waals surface area contributed by atoms with E-state index in [1.54, 1.807) is 0 Å². The molecule has 0 aliphatic heterocycles. The van der Waals surface area contributed by atoms with Crippen LogP contribution in [-0.2, 0) is 4.74 Å². The second-order valence-electron chi connectivity index (χ2n) is 3.24. The minimum atomic E-state index is -0.282. The first kappa shape index (κ1) is 9.45. The van der Waals surface area contributed by atoms with E-state index < -0.39 is 0 Å². The molecule has 0 saturated carbocycles. The van der Waals surface area contributed by atoms with E-state index in [0.29, 0.717) is 6.54 Å². The van der Waals surface area contributed by atoms with Crippen LogP contribution < -0.4 is 0 Å². The van der Waals surface area contributed by atoms with Crippen LogP contribution in [0.4, 0.5) is 0 Å². The Kier molecular flexibility index (Phi) is 3.38. The number of rotatable bonds is 3.